The summed E-state index contributed by atoms with van der Waals surface area (Å²) in [5.74, 6) is -0.325. The lowest BCUT2D eigenvalue weighted by atomic mass is 10.2. The van der Waals surface area contributed by atoms with Gasteiger partial charge in [0.05, 0.1) is 10.5 Å². The molecular formula is C16H13F3N4O4S2. The second-order valence-electron chi connectivity index (χ2n) is 5.98. The third-order valence-corrected chi connectivity index (χ3v) is 5.76. The zero-order chi connectivity index (χ0) is 21.6. The number of aromatic nitrogens is 3. The molecule has 2 aromatic heterocycles. The summed E-state index contributed by atoms with van der Waals surface area (Å²) in [6.45, 7) is 0. The SMILES string of the molecule is CS(=O)(=O)c1ncccc1-c1nc(C(F)(F)F)cn1-c1ccc(S(N)(=O)=O)cc1. The molecule has 2 N–H and O–H groups in total. The number of sulfone groups is 1. The van der Waals surface area contributed by atoms with Crippen LogP contribution in [0, 0.1) is 0 Å². The van der Waals surface area contributed by atoms with Crippen molar-refractivity contribution in [3.05, 3.63) is 54.5 Å². The molecule has 0 bridgehead atoms. The van der Waals surface area contributed by atoms with E-state index in [4.69, 9.17) is 5.14 Å². The summed E-state index contributed by atoms with van der Waals surface area (Å²) in [5.41, 5.74) is -1.29. The molecule has 0 saturated heterocycles. The van der Waals surface area contributed by atoms with Gasteiger partial charge in [0, 0.05) is 24.3 Å². The average molecular weight is 446 g/mol. The number of nitrogens with zero attached hydrogens (tertiary/aromatic N) is 3. The van der Waals surface area contributed by atoms with Gasteiger partial charge in [-0.1, -0.05) is 0 Å². The highest BCUT2D eigenvalue weighted by Gasteiger charge is 2.36. The molecule has 0 saturated carbocycles. The molecule has 0 amide bonds. The number of primary sulfonamides is 1. The Morgan fingerprint density at radius 2 is 1.66 bits per heavy atom. The molecule has 13 heteroatoms. The number of hydrogen-bond acceptors (Lipinski definition) is 6. The van der Waals surface area contributed by atoms with E-state index >= 15 is 0 Å². The number of alkyl halides is 3. The molecule has 0 aliphatic heterocycles. The van der Waals surface area contributed by atoms with Crippen LogP contribution in [-0.2, 0) is 26.0 Å². The first kappa shape index (κ1) is 21.0. The normalized spacial score (nSPS) is 12.9. The third-order valence-electron chi connectivity index (χ3n) is 3.80. The lowest BCUT2D eigenvalue weighted by molar-refractivity contribution is -0.140. The molecule has 2 heterocycles. The van der Waals surface area contributed by atoms with Crippen LogP contribution in [0.25, 0.3) is 17.1 Å². The molecule has 29 heavy (non-hydrogen) atoms. The van der Waals surface area contributed by atoms with Gasteiger partial charge in [-0.25, -0.2) is 31.9 Å². The maximum absolute atomic E-state index is 13.3. The molecule has 0 unspecified atom stereocenters. The van der Waals surface area contributed by atoms with Crippen molar-refractivity contribution < 1.29 is 30.0 Å². The van der Waals surface area contributed by atoms with Gasteiger partial charge >= 0.3 is 6.18 Å². The van der Waals surface area contributed by atoms with E-state index < -0.39 is 36.8 Å². The van der Waals surface area contributed by atoms with E-state index in [0.29, 0.717) is 6.20 Å². The zero-order valence-corrected chi connectivity index (χ0v) is 16.3. The van der Waals surface area contributed by atoms with Crippen molar-refractivity contribution in [2.24, 2.45) is 5.14 Å². The smallest absolute Gasteiger partial charge is 0.299 e. The Balaban J connectivity index is 2.29. The van der Waals surface area contributed by atoms with Crippen LogP contribution in [0.3, 0.4) is 0 Å². The first-order chi connectivity index (χ1) is 13.3. The number of sulfonamides is 1. The van der Waals surface area contributed by atoms with E-state index in [0.717, 1.165) is 23.0 Å². The van der Waals surface area contributed by atoms with Gasteiger partial charge in [0.1, 0.15) is 5.82 Å². The van der Waals surface area contributed by atoms with Crippen LogP contribution in [0.4, 0.5) is 13.2 Å². The maximum atomic E-state index is 13.3. The van der Waals surface area contributed by atoms with Gasteiger partial charge in [-0.05, 0) is 36.4 Å². The number of pyridine rings is 1. The van der Waals surface area contributed by atoms with E-state index in [9.17, 15) is 30.0 Å². The van der Waals surface area contributed by atoms with E-state index in [1.54, 1.807) is 0 Å². The van der Waals surface area contributed by atoms with Crippen molar-refractivity contribution in [2.75, 3.05) is 6.26 Å². The standard InChI is InChI=1S/C16H13F3N4O4S2/c1-28(24,25)15-12(3-2-8-21-15)14-22-13(16(17,18)19)9-23(14)10-4-6-11(7-5-10)29(20,26)27/h2-9H,1H3,(H2,20,26,27). The Labute approximate surface area is 163 Å². The summed E-state index contributed by atoms with van der Waals surface area (Å²) in [4.78, 5) is 7.09. The van der Waals surface area contributed by atoms with Crippen molar-refractivity contribution in [1.29, 1.82) is 0 Å². The predicted molar refractivity (Wildman–Crippen MR) is 96.3 cm³/mol. The van der Waals surface area contributed by atoms with Crippen molar-refractivity contribution in [3.8, 4) is 17.1 Å². The lowest BCUT2D eigenvalue weighted by Crippen LogP contribution is -2.12. The van der Waals surface area contributed by atoms with Crippen LogP contribution < -0.4 is 5.14 Å². The van der Waals surface area contributed by atoms with E-state index in [2.05, 4.69) is 9.97 Å². The van der Waals surface area contributed by atoms with Gasteiger partial charge in [-0.15, -0.1) is 0 Å². The summed E-state index contributed by atoms with van der Waals surface area (Å²) in [6, 6.07) is 7.31. The first-order valence-electron chi connectivity index (χ1n) is 7.74. The summed E-state index contributed by atoms with van der Waals surface area (Å²) < 4.78 is 87.6. The van der Waals surface area contributed by atoms with Gasteiger partial charge < -0.3 is 0 Å². The van der Waals surface area contributed by atoms with Gasteiger partial charge in [-0.3, -0.25) is 4.57 Å². The Morgan fingerprint density at radius 3 is 2.17 bits per heavy atom. The number of hydrogen-bond donors (Lipinski definition) is 1. The number of halogens is 3. The molecule has 0 fully saturated rings. The molecular weight excluding hydrogens is 433 g/mol. The highest BCUT2D eigenvalue weighted by atomic mass is 32.2. The minimum absolute atomic E-state index is 0.110. The van der Waals surface area contributed by atoms with Crippen molar-refractivity contribution in [3.63, 3.8) is 0 Å². The molecule has 154 valence electrons. The average Bonchev–Trinajstić information content (AvgIpc) is 3.06. The molecule has 0 spiro atoms. The fourth-order valence-electron chi connectivity index (χ4n) is 2.56. The minimum Gasteiger partial charge on any atom is -0.299 e. The van der Waals surface area contributed by atoms with Gasteiger partial charge in [0.15, 0.2) is 20.6 Å². The van der Waals surface area contributed by atoms with Gasteiger partial charge in [-0.2, -0.15) is 13.2 Å². The van der Waals surface area contributed by atoms with Crippen molar-refractivity contribution in [1.82, 2.24) is 14.5 Å². The second-order valence-corrected chi connectivity index (χ2v) is 9.48. The van der Waals surface area contributed by atoms with Crippen LogP contribution in [-0.4, -0.2) is 37.6 Å². The monoisotopic (exact) mass is 446 g/mol. The molecule has 1 aromatic carbocycles. The Hall–Kier alpha value is -2.77. The van der Waals surface area contributed by atoms with E-state index in [1.807, 2.05) is 0 Å². The predicted octanol–water partition coefficient (Wildman–Crippen LogP) is 2.00. The van der Waals surface area contributed by atoms with E-state index in [1.165, 1.54) is 30.5 Å². The molecule has 8 nitrogen and oxygen atoms in total. The van der Waals surface area contributed by atoms with E-state index in [-0.39, 0.29) is 22.0 Å². The Kier molecular flexibility index (Phi) is 5.01. The fraction of sp³-hybridized carbons (Fsp3) is 0.125. The Bertz CT molecular complexity index is 1280. The van der Waals surface area contributed by atoms with Crippen LogP contribution in [0.5, 0.6) is 0 Å². The maximum Gasteiger partial charge on any atom is 0.434 e. The van der Waals surface area contributed by atoms with Crippen LogP contribution in [0.15, 0.2) is 58.7 Å². The number of nitrogens with two attached hydrogens (primary N) is 1. The van der Waals surface area contributed by atoms with Crippen molar-refractivity contribution in [2.45, 2.75) is 16.1 Å². The first-order valence-corrected chi connectivity index (χ1v) is 11.2. The lowest BCUT2D eigenvalue weighted by Gasteiger charge is -2.10. The zero-order valence-electron chi connectivity index (χ0n) is 14.6. The quantitative estimate of drug-likeness (QED) is 0.654. The summed E-state index contributed by atoms with van der Waals surface area (Å²) in [5, 5.41) is 4.58. The second kappa shape index (κ2) is 6.93. The minimum atomic E-state index is -4.80. The number of benzene rings is 1. The van der Waals surface area contributed by atoms with Crippen LogP contribution >= 0.6 is 0 Å². The van der Waals surface area contributed by atoms with Crippen LogP contribution in [0.2, 0.25) is 0 Å². The largest absolute Gasteiger partial charge is 0.434 e. The highest BCUT2D eigenvalue weighted by Crippen LogP contribution is 2.34. The molecule has 3 rings (SSSR count). The third kappa shape index (κ3) is 4.31. The van der Waals surface area contributed by atoms with Gasteiger partial charge in [0.25, 0.3) is 0 Å². The number of imidazole rings is 1. The summed E-state index contributed by atoms with van der Waals surface area (Å²) >= 11 is 0. The van der Waals surface area contributed by atoms with Gasteiger partial charge in [0.2, 0.25) is 10.0 Å². The molecule has 0 aliphatic rings. The molecule has 3 aromatic rings. The topological polar surface area (TPSA) is 125 Å². The summed E-state index contributed by atoms with van der Waals surface area (Å²) in [6.07, 6.45) is -2.05. The number of rotatable bonds is 4. The molecule has 0 aliphatic carbocycles. The summed E-state index contributed by atoms with van der Waals surface area (Å²) in [7, 11) is -7.88. The fourth-order valence-corrected chi connectivity index (χ4v) is 3.88. The molecule has 0 atom stereocenters. The van der Waals surface area contributed by atoms with Crippen LogP contribution in [0.1, 0.15) is 5.69 Å². The van der Waals surface area contributed by atoms with Crippen molar-refractivity contribution >= 4 is 19.9 Å². The highest BCUT2D eigenvalue weighted by molar-refractivity contribution is 7.90. The molecule has 0 radical (unpaired) electrons. The Morgan fingerprint density at radius 1 is 1.03 bits per heavy atom.